The zero-order chi connectivity index (χ0) is 19.8. The Labute approximate surface area is 166 Å². The molecule has 2 aromatic carbocycles. The molecule has 0 atom stereocenters. The molecule has 0 radical (unpaired) electrons. The molecule has 0 unspecified atom stereocenters. The van der Waals surface area contributed by atoms with Gasteiger partial charge in [-0.15, -0.1) is 11.3 Å². The highest BCUT2D eigenvalue weighted by Crippen LogP contribution is 2.33. The number of carbonyl (C=O) groups excluding carboxylic acids is 1. The molecular formula is C19H11ClF3N3OS. The number of alkyl halides is 2. The summed E-state index contributed by atoms with van der Waals surface area (Å²) in [6, 6.07) is 6.30. The van der Waals surface area contributed by atoms with Crippen LogP contribution in [-0.2, 0) is 6.42 Å². The Balaban J connectivity index is 1.83. The third-order valence-electron chi connectivity index (χ3n) is 4.15. The topological polar surface area (TPSA) is 58.6 Å². The number of hydrogen-bond acceptors (Lipinski definition) is 4. The number of halogens is 4. The Morgan fingerprint density at radius 3 is 2.79 bits per heavy atom. The Hall–Kier alpha value is -2.71. The van der Waals surface area contributed by atoms with Crippen LogP contribution >= 0.6 is 22.9 Å². The number of rotatable bonds is 5. The van der Waals surface area contributed by atoms with Crippen molar-refractivity contribution in [2.45, 2.75) is 12.8 Å². The summed E-state index contributed by atoms with van der Waals surface area (Å²) >= 11 is 7.13. The van der Waals surface area contributed by atoms with Crippen LogP contribution < -0.4 is 0 Å². The number of aromatic amines is 1. The van der Waals surface area contributed by atoms with Crippen LogP contribution in [0.25, 0.3) is 22.4 Å². The Kier molecular flexibility index (Phi) is 4.91. The number of aromatic nitrogens is 3. The standard InChI is InChI=1S/C19H11ClF3N3OS/c20-9-1-2-11(12(5-9)18(22)23)19-25-14-7-10(21)6-13(17(14)26-19)15(27)8-16-24-3-4-28-16/h1-7,18H,8H2,(H,25,26). The quantitative estimate of drug-likeness (QED) is 0.412. The molecule has 4 rings (SSSR count). The second kappa shape index (κ2) is 7.37. The van der Waals surface area contributed by atoms with E-state index in [1.807, 2.05) is 0 Å². The molecule has 4 aromatic rings. The highest BCUT2D eigenvalue weighted by Gasteiger charge is 2.21. The Bertz CT molecular complexity index is 1170. The van der Waals surface area contributed by atoms with Crippen LogP contribution in [0.3, 0.4) is 0 Å². The van der Waals surface area contributed by atoms with Crippen LogP contribution in [0.5, 0.6) is 0 Å². The number of carbonyl (C=O) groups is 1. The van der Waals surface area contributed by atoms with E-state index in [4.69, 9.17) is 11.6 Å². The number of hydrogen-bond donors (Lipinski definition) is 1. The van der Waals surface area contributed by atoms with Crippen LogP contribution in [0, 0.1) is 5.82 Å². The molecule has 0 aliphatic heterocycles. The van der Waals surface area contributed by atoms with Crippen molar-refractivity contribution < 1.29 is 18.0 Å². The van der Waals surface area contributed by atoms with Crippen molar-refractivity contribution in [1.29, 1.82) is 0 Å². The van der Waals surface area contributed by atoms with Crippen LogP contribution in [0.4, 0.5) is 13.2 Å². The summed E-state index contributed by atoms with van der Waals surface area (Å²) in [5.41, 5.74) is 0.359. The fourth-order valence-electron chi connectivity index (χ4n) is 2.93. The zero-order valence-electron chi connectivity index (χ0n) is 14.0. The van der Waals surface area contributed by atoms with Crippen molar-refractivity contribution in [2.75, 3.05) is 0 Å². The van der Waals surface area contributed by atoms with Crippen LogP contribution in [0.2, 0.25) is 5.02 Å². The van der Waals surface area contributed by atoms with E-state index in [-0.39, 0.29) is 50.8 Å². The van der Waals surface area contributed by atoms with Crippen LogP contribution in [0.15, 0.2) is 41.9 Å². The maximum absolute atomic E-state index is 14.1. The van der Waals surface area contributed by atoms with Crippen molar-refractivity contribution in [3.8, 4) is 11.4 Å². The first kappa shape index (κ1) is 18.6. The van der Waals surface area contributed by atoms with Crippen molar-refractivity contribution in [1.82, 2.24) is 15.0 Å². The predicted molar refractivity (Wildman–Crippen MR) is 102 cm³/mol. The average Bonchev–Trinajstić information content (AvgIpc) is 3.30. The van der Waals surface area contributed by atoms with Gasteiger partial charge in [-0.3, -0.25) is 4.79 Å². The van der Waals surface area contributed by atoms with E-state index in [9.17, 15) is 18.0 Å². The number of nitrogens with zero attached hydrogens (tertiary/aromatic N) is 2. The van der Waals surface area contributed by atoms with Gasteiger partial charge in [0.15, 0.2) is 5.78 Å². The lowest BCUT2D eigenvalue weighted by molar-refractivity contribution is 0.0994. The molecule has 0 aliphatic carbocycles. The van der Waals surface area contributed by atoms with Crippen LogP contribution in [-0.4, -0.2) is 20.7 Å². The Morgan fingerprint density at radius 1 is 1.25 bits per heavy atom. The summed E-state index contributed by atoms with van der Waals surface area (Å²) in [5, 5.41) is 2.50. The van der Waals surface area contributed by atoms with Crippen molar-refractivity contribution in [3.63, 3.8) is 0 Å². The lowest BCUT2D eigenvalue weighted by Crippen LogP contribution is -2.05. The number of thiazole rings is 1. The number of ketones is 1. The number of H-pyrrole nitrogens is 1. The molecule has 4 nitrogen and oxygen atoms in total. The maximum Gasteiger partial charge on any atom is 0.264 e. The van der Waals surface area contributed by atoms with Crippen molar-refractivity contribution in [3.05, 3.63) is 68.9 Å². The summed E-state index contributed by atoms with van der Waals surface area (Å²) in [5.74, 6) is -0.881. The van der Waals surface area contributed by atoms with Gasteiger partial charge in [-0.05, 0) is 30.3 Å². The van der Waals surface area contributed by atoms with Gasteiger partial charge in [0.05, 0.1) is 17.5 Å². The number of imidazole rings is 1. The minimum Gasteiger partial charge on any atom is -0.338 e. The molecule has 9 heteroatoms. The first-order valence-corrected chi connectivity index (χ1v) is 9.37. The lowest BCUT2D eigenvalue weighted by Gasteiger charge is -2.06. The first-order chi connectivity index (χ1) is 13.4. The molecule has 0 saturated heterocycles. The van der Waals surface area contributed by atoms with Gasteiger partial charge in [-0.2, -0.15) is 0 Å². The van der Waals surface area contributed by atoms with Gasteiger partial charge in [-0.25, -0.2) is 23.1 Å². The minimum absolute atomic E-state index is 0.00163. The van der Waals surface area contributed by atoms with E-state index in [0.717, 1.165) is 12.1 Å². The zero-order valence-corrected chi connectivity index (χ0v) is 15.6. The van der Waals surface area contributed by atoms with Gasteiger partial charge in [-0.1, -0.05) is 11.6 Å². The van der Waals surface area contributed by atoms with E-state index < -0.39 is 12.2 Å². The molecule has 28 heavy (non-hydrogen) atoms. The molecule has 2 heterocycles. The molecule has 0 spiro atoms. The van der Waals surface area contributed by atoms with Gasteiger partial charge in [0.25, 0.3) is 6.43 Å². The molecule has 0 fully saturated rings. The monoisotopic (exact) mass is 421 g/mol. The van der Waals surface area contributed by atoms with E-state index in [1.165, 1.54) is 29.5 Å². The molecule has 0 amide bonds. The minimum atomic E-state index is -2.77. The fraction of sp³-hybridized carbons (Fsp3) is 0.105. The molecule has 2 aromatic heterocycles. The third kappa shape index (κ3) is 3.53. The number of fused-ring (bicyclic) bond motifs is 1. The number of Topliss-reactive ketones (excluding diaryl/α,β-unsaturated/α-hetero) is 1. The number of benzene rings is 2. The third-order valence-corrected chi connectivity index (χ3v) is 5.17. The van der Waals surface area contributed by atoms with Gasteiger partial charge in [0.2, 0.25) is 0 Å². The van der Waals surface area contributed by atoms with E-state index in [1.54, 1.807) is 11.6 Å². The predicted octanol–water partition coefficient (Wildman–Crippen LogP) is 5.84. The summed E-state index contributed by atoms with van der Waals surface area (Å²) < 4.78 is 40.9. The SMILES string of the molecule is O=C(Cc1nccs1)c1cc(F)cc2[nH]c(-c3ccc(Cl)cc3C(F)F)nc12. The summed E-state index contributed by atoms with van der Waals surface area (Å²) in [6.45, 7) is 0. The summed E-state index contributed by atoms with van der Waals surface area (Å²) in [4.78, 5) is 23.8. The maximum atomic E-state index is 14.1. The molecule has 0 bridgehead atoms. The lowest BCUT2D eigenvalue weighted by atomic mass is 10.1. The van der Waals surface area contributed by atoms with E-state index >= 15 is 0 Å². The summed E-state index contributed by atoms with van der Waals surface area (Å²) in [6.07, 6.45) is -1.19. The highest BCUT2D eigenvalue weighted by molar-refractivity contribution is 7.09. The van der Waals surface area contributed by atoms with Crippen molar-refractivity contribution >= 4 is 39.8 Å². The second-order valence-electron chi connectivity index (χ2n) is 5.99. The normalized spacial score (nSPS) is 11.5. The van der Waals surface area contributed by atoms with Crippen molar-refractivity contribution in [2.24, 2.45) is 0 Å². The average molecular weight is 422 g/mol. The number of nitrogens with one attached hydrogen (secondary N) is 1. The van der Waals surface area contributed by atoms with E-state index in [0.29, 0.717) is 5.01 Å². The molecule has 142 valence electrons. The molecule has 0 saturated carbocycles. The van der Waals surface area contributed by atoms with Gasteiger partial charge < -0.3 is 4.98 Å². The smallest absolute Gasteiger partial charge is 0.264 e. The summed E-state index contributed by atoms with van der Waals surface area (Å²) in [7, 11) is 0. The Morgan fingerprint density at radius 2 is 2.07 bits per heavy atom. The largest absolute Gasteiger partial charge is 0.338 e. The molecular weight excluding hydrogens is 411 g/mol. The van der Waals surface area contributed by atoms with E-state index in [2.05, 4.69) is 15.0 Å². The first-order valence-electron chi connectivity index (χ1n) is 8.11. The fourth-order valence-corrected chi connectivity index (χ4v) is 3.72. The van der Waals surface area contributed by atoms with Crippen LogP contribution in [0.1, 0.15) is 27.4 Å². The molecule has 0 aliphatic rings. The molecule has 1 N–H and O–H groups in total. The highest BCUT2D eigenvalue weighted by atomic mass is 35.5. The van der Waals surface area contributed by atoms with Gasteiger partial charge >= 0.3 is 0 Å². The second-order valence-corrected chi connectivity index (χ2v) is 7.41. The van der Waals surface area contributed by atoms with Gasteiger partial charge in [0, 0.05) is 33.3 Å². The van der Waals surface area contributed by atoms with Gasteiger partial charge in [0.1, 0.15) is 16.6 Å².